The minimum Gasteiger partial charge on any atom is -0.372 e. The van der Waals surface area contributed by atoms with Gasteiger partial charge >= 0.3 is 0 Å². The minimum absolute atomic E-state index is 0.106. The number of nitrogens with two attached hydrogens (primary N) is 1. The lowest BCUT2D eigenvalue weighted by Gasteiger charge is -2.35. The van der Waals surface area contributed by atoms with Gasteiger partial charge in [-0.15, -0.1) is 0 Å². The van der Waals surface area contributed by atoms with Crippen LogP contribution in [0, 0.1) is 0 Å². The van der Waals surface area contributed by atoms with Crippen LogP contribution >= 0.6 is 0 Å². The highest BCUT2D eigenvalue weighted by atomic mass is 16.6. The Balaban J connectivity index is 1.99. The van der Waals surface area contributed by atoms with E-state index in [2.05, 4.69) is 11.9 Å². The molecule has 1 aliphatic rings. The molecule has 0 spiro atoms. The Labute approximate surface area is 114 Å². The number of benzene rings is 1. The second-order valence-electron chi connectivity index (χ2n) is 5.28. The highest BCUT2D eigenvalue weighted by Crippen LogP contribution is 2.27. The molecule has 0 aliphatic heterocycles. The molecule has 1 aliphatic carbocycles. The molecule has 1 aromatic carbocycles. The molecule has 2 rings (SSSR count). The molecule has 0 amide bonds. The summed E-state index contributed by atoms with van der Waals surface area (Å²) in [5.74, 6) is 5.34. The Kier molecular flexibility index (Phi) is 4.56. The molecule has 1 fully saturated rings. The zero-order chi connectivity index (χ0) is 13.8. The summed E-state index contributed by atoms with van der Waals surface area (Å²) >= 11 is 0. The third kappa shape index (κ3) is 3.33. The lowest BCUT2D eigenvalue weighted by molar-refractivity contribution is 0.0243. The number of Topliss-reactive ketones (excluding diaryl/α,β-unsaturated/α-hetero) is 1. The van der Waals surface area contributed by atoms with Crippen LogP contribution in [0.25, 0.3) is 0 Å². The molecule has 0 unspecified atom stereocenters. The highest BCUT2D eigenvalue weighted by Gasteiger charge is 2.24. The van der Waals surface area contributed by atoms with Crippen LogP contribution < -0.4 is 10.8 Å². The number of nitrogens with zero attached hydrogens (tertiary/aromatic N) is 1. The summed E-state index contributed by atoms with van der Waals surface area (Å²) in [7, 11) is 2.11. The van der Waals surface area contributed by atoms with Gasteiger partial charge in [0.15, 0.2) is 5.78 Å². The largest absolute Gasteiger partial charge is 0.372 e. The van der Waals surface area contributed by atoms with Gasteiger partial charge in [-0.2, -0.15) is 0 Å². The first-order valence-corrected chi connectivity index (χ1v) is 6.81. The molecule has 104 valence electrons. The third-order valence-corrected chi connectivity index (χ3v) is 4.07. The number of hydrogen-bond acceptors (Lipinski definition) is 4. The standard InChI is InChI=1S/C15H22N2O2/c1-11(18)12-3-5-13(6-4-12)17(2)14-7-9-15(19-16)10-8-14/h3-6,14-15H,7-10,16H2,1-2H3. The van der Waals surface area contributed by atoms with Gasteiger partial charge in [0.25, 0.3) is 0 Å². The molecule has 0 atom stereocenters. The van der Waals surface area contributed by atoms with Crippen molar-refractivity contribution in [2.24, 2.45) is 5.90 Å². The minimum atomic E-state index is 0.106. The van der Waals surface area contributed by atoms with Gasteiger partial charge in [-0.3, -0.25) is 4.79 Å². The summed E-state index contributed by atoms with van der Waals surface area (Å²) in [5, 5.41) is 0. The molecule has 0 radical (unpaired) electrons. The number of rotatable bonds is 4. The number of anilines is 1. The molecule has 4 nitrogen and oxygen atoms in total. The molecule has 1 aromatic rings. The van der Waals surface area contributed by atoms with Crippen molar-refractivity contribution in [1.29, 1.82) is 0 Å². The van der Waals surface area contributed by atoms with E-state index in [1.165, 1.54) is 0 Å². The molecule has 0 saturated heterocycles. The Morgan fingerprint density at radius 3 is 2.26 bits per heavy atom. The van der Waals surface area contributed by atoms with Crippen LogP contribution in [-0.4, -0.2) is 25.0 Å². The summed E-state index contributed by atoms with van der Waals surface area (Å²) < 4.78 is 0. The highest BCUT2D eigenvalue weighted by molar-refractivity contribution is 5.94. The Hall–Kier alpha value is -1.39. The van der Waals surface area contributed by atoms with Crippen LogP contribution in [0.4, 0.5) is 5.69 Å². The van der Waals surface area contributed by atoms with Crippen LogP contribution in [0.1, 0.15) is 43.0 Å². The van der Waals surface area contributed by atoms with E-state index in [0.29, 0.717) is 6.04 Å². The van der Waals surface area contributed by atoms with Gasteiger partial charge in [-0.05, 0) is 56.9 Å². The van der Waals surface area contributed by atoms with Crippen molar-refractivity contribution in [3.63, 3.8) is 0 Å². The van der Waals surface area contributed by atoms with Crippen LogP contribution in [0.15, 0.2) is 24.3 Å². The fraction of sp³-hybridized carbons (Fsp3) is 0.533. The Morgan fingerprint density at radius 1 is 1.21 bits per heavy atom. The van der Waals surface area contributed by atoms with E-state index in [4.69, 9.17) is 10.7 Å². The third-order valence-electron chi connectivity index (χ3n) is 4.07. The van der Waals surface area contributed by atoms with Gasteiger partial charge in [0.2, 0.25) is 0 Å². The summed E-state index contributed by atoms with van der Waals surface area (Å²) in [6.45, 7) is 1.59. The number of ketones is 1. The predicted octanol–water partition coefficient (Wildman–Crippen LogP) is 2.53. The summed E-state index contributed by atoms with van der Waals surface area (Å²) in [5.41, 5.74) is 1.92. The molecular weight excluding hydrogens is 240 g/mol. The molecule has 0 heterocycles. The average Bonchev–Trinajstić information content (AvgIpc) is 2.46. The zero-order valence-corrected chi connectivity index (χ0v) is 11.6. The second-order valence-corrected chi connectivity index (χ2v) is 5.28. The van der Waals surface area contributed by atoms with Crippen molar-refractivity contribution in [1.82, 2.24) is 0 Å². The van der Waals surface area contributed by atoms with E-state index in [1.54, 1.807) is 6.92 Å². The molecule has 1 saturated carbocycles. The lowest BCUT2D eigenvalue weighted by Crippen LogP contribution is -2.37. The van der Waals surface area contributed by atoms with Gasteiger partial charge in [-0.25, -0.2) is 5.90 Å². The van der Waals surface area contributed by atoms with E-state index in [0.717, 1.165) is 36.9 Å². The van der Waals surface area contributed by atoms with Gasteiger partial charge < -0.3 is 9.74 Å². The molecule has 0 bridgehead atoms. The quantitative estimate of drug-likeness (QED) is 0.669. The SMILES string of the molecule is CC(=O)c1ccc(N(C)C2CCC(ON)CC2)cc1. The van der Waals surface area contributed by atoms with E-state index in [1.807, 2.05) is 24.3 Å². The maximum atomic E-state index is 11.3. The van der Waals surface area contributed by atoms with Gasteiger partial charge in [0, 0.05) is 24.3 Å². The molecular formula is C15H22N2O2. The number of carbonyl (C=O) groups excluding carboxylic acids is 1. The Morgan fingerprint density at radius 2 is 1.79 bits per heavy atom. The van der Waals surface area contributed by atoms with Crippen molar-refractivity contribution < 1.29 is 9.63 Å². The van der Waals surface area contributed by atoms with Crippen molar-refractivity contribution in [2.45, 2.75) is 44.8 Å². The normalized spacial score (nSPS) is 23.1. The number of hydrogen-bond donors (Lipinski definition) is 1. The first kappa shape index (κ1) is 14.0. The van der Waals surface area contributed by atoms with E-state index >= 15 is 0 Å². The average molecular weight is 262 g/mol. The van der Waals surface area contributed by atoms with Crippen molar-refractivity contribution in [3.05, 3.63) is 29.8 Å². The monoisotopic (exact) mass is 262 g/mol. The van der Waals surface area contributed by atoms with E-state index < -0.39 is 0 Å². The Bertz CT molecular complexity index is 422. The summed E-state index contributed by atoms with van der Waals surface area (Å²) in [4.78, 5) is 18.5. The van der Waals surface area contributed by atoms with Gasteiger partial charge in [0.1, 0.15) is 0 Å². The van der Waals surface area contributed by atoms with Crippen LogP contribution in [0.2, 0.25) is 0 Å². The first-order valence-electron chi connectivity index (χ1n) is 6.81. The maximum Gasteiger partial charge on any atom is 0.159 e. The smallest absolute Gasteiger partial charge is 0.159 e. The summed E-state index contributed by atoms with van der Waals surface area (Å²) in [6.07, 6.45) is 4.41. The van der Waals surface area contributed by atoms with E-state index in [9.17, 15) is 4.79 Å². The summed E-state index contributed by atoms with van der Waals surface area (Å²) in [6, 6.07) is 8.34. The lowest BCUT2D eigenvalue weighted by atomic mass is 9.92. The number of carbonyl (C=O) groups is 1. The maximum absolute atomic E-state index is 11.3. The van der Waals surface area contributed by atoms with Crippen LogP contribution in [0.5, 0.6) is 0 Å². The predicted molar refractivity (Wildman–Crippen MR) is 76.2 cm³/mol. The van der Waals surface area contributed by atoms with Crippen molar-refractivity contribution in [2.75, 3.05) is 11.9 Å². The second kappa shape index (κ2) is 6.17. The molecule has 19 heavy (non-hydrogen) atoms. The fourth-order valence-corrected chi connectivity index (χ4v) is 2.71. The first-order chi connectivity index (χ1) is 9.11. The molecule has 0 aromatic heterocycles. The van der Waals surface area contributed by atoms with Gasteiger partial charge in [0.05, 0.1) is 6.10 Å². The topological polar surface area (TPSA) is 55.6 Å². The molecule has 2 N–H and O–H groups in total. The van der Waals surface area contributed by atoms with Crippen LogP contribution in [0.3, 0.4) is 0 Å². The van der Waals surface area contributed by atoms with Gasteiger partial charge in [-0.1, -0.05) is 0 Å². The van der Waals surface area contributed by atoms with Crippen LogP contribution in [-0.2, 0) is 4.84 Å². The molecule has 4 heteroatoms. The fourth-order valence-electron chi connectivity index (χ4n) is 2.71. The van der Waals surface area contributed by atoms with Crippen molar-refractivity contribution >= 4 is 11.5 Å². The van der Waals surface area contributed by atoms with Crippen molar-refractivity contribution in [3.8, 4) is 0 Å². The zero-order valence-electron chi connectivity index (χ0n) is 11.6. The van der Waals surface area contributed by atoms with E-state index in [-0.39, 0.29) is 11.9 Å².